The summed E-state index contributed by atoms with van der Waals surface area (Å²) in [7, 11) is 0. The third-order valence-electron chi connectivity index (χ3n) is 3.87. The van der Waals surface area contributed by atoms with E-state index in [9.17, 15) is 9.18 Å². The van der Waals surface area contributed by atoms with Crippen molar-refractivity contribution < 1.29 is 9.18 Å². The lowest BCUT2D eigenvalue weighted by Crippen LogP contribution is -2.33. The molecule has 3 rings (SSSR count). The van der Waals surface area contributed by atoms with Gasteiger partial charge < -0.3 is 4.90 Å². The Labute approximate surface area is 112 Å². The van der Waals surface area contributed by atoms with Crippen molar-refractivity contribution in [2.45, 2.75) is 50.9 Å². The minimum absolute atomic E-state index is 0.112. The van der Waals surface area contributed by atoms with Crippen molar-refractivity contribution in [2.75, 3.05) is 0 Å². The molecule has 0 aromatic heterocycles. The zero-order chi connectivity index (χ0) is 13.4. The van der Waals surface area contributed by atoms with Gasteiger partial charge in [-0.3, -0.25) is 10.1 Å². The molecule has 1 aromatic carbocycles. The van der Waals surface area contributed by atoms with Gasteiger partial charge in [-0.25, -0.2) is 4.39 Å². The largest absolute Gasteiger partial charge is 0.319 e. The molecule has 2 atom stereocenters. The van der Waals surface area contributed by atoms with Crippen LogP contribution in [0.2, 0.25) is 0 Å². The van der Waals surface area contributed by atoms with Crippen molar-refractivity contribution in [3.05, 3.63) is 35.6 Å². The zero-order valence-corrected chi connectivity index (χ0v) is 11.1. The zero-order valence-electron chi connectivity index (χ0n) is 11.1. The number of carbonyl (C=O) groups is 1. The average molecular weight is 262 g/mol. The molecule has 1 N–H and O–H groups in total. The molecule has 102 valence electrons. The Bertz CT molecular complexity index is 487. The van der Waals surface area contributed by atoms with Gasteiger partial charge in [0, 0.05) is 6.04 Å². The predicted molar refractivity (Wildman–Crippen MR) is 70.8 cm³/mol. The van der Waals surface area contributed by atoms with Crippen LogP contribution in [0, 0.1) is 5.82 Å². The molecule has 19 heavy (non-hydrogen) atoms. The molecule has 4 heteroatoms. The van der Waals surface area contributed by atoms with Crippen molar-refractivity contribution in [1.29, 1.82) is 0 Å². The summed E-state index contributed by atoms with van der Waals surface area (Å²) < 4.78 is 13.4. The first-order chi connectivity index (χ1) is 9.20. The summed E-state index contributed by atoms with van der Waals surface area (Å²) in [6.07, 6.45) is 3.79. The van der Waals surface area contributed by atoms with E-state index in [1.54, 1.807) is 6.07 Å². The highest BCUT2D eigenvalue weighted by Crippen LogP contribution is 2.37. The average Bonchev–Trinajstić information content (AvgIpc) is 3.17. The first kappa shape index (κ1) is 12.6. The van der Waals surface area contributed by atoms with Crippen LogP contribution in [0.3, 0.4) is 0 Å². The summed E-state index contributed by atoms with van der Waals surface area (Å²) in [6, 6.07) is 6.78. The van der Waals surface area contributed by atoms with Gasteiger partial charge in [0.1, 0.15) is 12.0 Å². The maximum absolute atomic E-state index is 13.4. The van der Waals surface area contributed by atoms with E-state index in [2.05, 4.69) is 12.2 Å². The van der Waals surface area contributed by atoms with Gasteiger partial charge in [-0.15, -0.1) is 0 Å². The molecule has 2 fully saturated rings. The van der Waals surface area contributed by atoms with Crippen LogP contribution in [0.25, 0.3) is 0 Å². The molecule has 1 heterocycles. The molecule has 3 nitrogen and oxygen atoms in total. The summed E-state index contributed by atoms with van der Waals surface area (Å²) in [5, 5.41) is 3.37. The van der Waals surface area contributed by atoms with Crippen LogP contribution >= 0.6 is 0 Å². The topological polar surface area (TPSA) is 32.3 Å². The Morgan fingerprint density at radius 2 is 2.21 bits per heavy atom. The Hall–Kier alpha value is -1.42. The van der Waals surface area contributed by atoms with Gasteiger partial charge >= 0.3 is 0 Å². The smallest absolute Gasteiger partial charge is 0.241 e. The number of amides is 1. The molecule has 1 saturated carbocycles. The van der Waals surface area contributed by atoms with Crippen LogP contribution in [-0.2, 0) is 4.79 Å². The highest BCUT2D eigenvalue weighted by Gasteiger charge is 2.46. The number of hydrogen-bond donors (Lipinski definition) is 1. The lowest BCUT2D eigenvalue weighted by molar-refractivity contribution is -0.130. The second kappa shape index (κ2) is 4.93. The van der Waals surface area contributed by atoms with E-state index in [4.69, 9.17) is 0 Å². The third kappa shape index (κ3) is 2.37. The number of rotatable bonds is 4. The van der Waals surface area contributed by atoms with Gasteiger partial charge in [0.05, 0.1) is 6.04 Å². The van der Waals surface area contributed by atoms with Gasteiger partial charge in [0.15, 0.2) is 0 Å². The number of carbonyl (C=O) groups excluding carboxylic acids is 1. The fourth-order valence-electron chi connectivity index (χ4n) is 2.82. The van der Waals surface area contributed by atoms with Crippen LogP contribution in [-0.4, -0.2) is 22.9 Å². The Balaban J connectivity index is 1.88. The molecule has 1 amide bonds. The van der Waals surface area contributed by atoms with Crippen LogP contribution < -0.4 is 5.32 Å². The molecular formula is C15H19FN2O. The molecule has 1 aliphatic heterocycles. The summed E-state index contributed by atoms with van der Waals surface area (Å²) in [5.41, 5.74) is 0.846. The molecule has 2 aliphatic rings. The summed E-state index contributed by atoms with van der Waals surface area (Å²) in [6.45, 7) is 2.08. The molecule has 0 radical (unpaired) electrons. The maximum Gasteiger partial charge on any atom is 0.241 e. The lowest BCUT2D eigenvalue weighted by atomic mass is 10.1. The third-order valence-corrected chi connectivity index (χ3v) is 3.87. The highest BCUT2D eigenvalue weighted by molar-refractivity contribution is 5.85. The molecule has 2 unspecified atom stereocenters. The van der Waals surface area contributed by atoms with E-state index in [0.29, 0.717) is 6.04 Å². The van der Waals surface area contributed by atoms with E-state index in [1.807, 2.05) is 11.0 Å². The quantitative estimate of drug-likeness (QED) is 0.904. The van der Waals surface area contributed by atoms with E-state index in [-0.39, 0.29) is 23.9 Å². The molecule has 0 bridgehead atoms. The fraction of sp³-hybridized carbons (Fsp3) is 0.533. The van der Waals surface area contributed by atoms with Crippen molar-refractivity contribution in [3.63, 3.8) is 0 Å². The van der Waals surface area contributed by atoms with Crippen molar-refractivity contribution in [3.8, 4) is 0 Å². The highest BCUT2D eigenvalue weighted by atomic mass is 19.1. The van der Waals surface area contributed by atoms with Gasteiger partial charge in [-0.1, -0.05) is 25.5 Å². The number of halogens is 1. The van der Waals surface area contributed by atoms with Gasteiger partial charge in [-0.05, 0) is 37.0 Å². The van der Waals surface area contributed by atoms with Crippen LogP contribution in [0.15, 0.2) is 24.3 Å². The Kier molecular flexibility index (Phi) is 3.27. The first-order valence-electron chi connectivity index (χ1n) is 7.04. The standard InChI is InChI=1S/C15H19FN2O/c1-2-4-13-15(19)18(12-7-8-12)14(17-13)10-5-3-6-11(16)9-10/h3,5-6,9,12-14,17H,2,4,7-8H2,1H3. The van der Waals surface area contributed by atoms with Crippen LogP contribution in [0.4, 0.5) is 4.39 Å². The van der Waals surface area contributed by atoms with Crippen LogP contribution in [0.1, 0.15) is 44.3 Å². The van der Waals surface area contributed by atoms with E-state index in [1.165, 1.54) is 12.1 Å². The first-order valence-corrected chi connectivity index (χ1v) is 7.04. The minimum Gasteiger partial charge on any atom is -0.319 e. The molecular weight excluding hydrogens is 243 g/mol. The Morgan fingerprint density at radius 1 is 1.42 bits per heavy atom. The number of hydrogen-bond acceptors (Lipinski definition) is 2. The van der Waals surface area contributed by atoms with Crippen molar-refractivity contribution >= 4 is 5.91 Å². The molecule has 1 aliphatic carbocycles. The maximum atomic E-state index is 13.4. The monoisotopic (exact) mass is 262 g/mol. The SMILES string of the molecule is CCCC1NC(c2cccc(F)c2)N(C2CC2)C1=O. The van der Waals surface area contributed by atoms with Gasteiger partial charge in [0.2, 0.25) is 5.91 Å². The van der Waals surface area contributed by atoms with Crippen molar-refractivity contribution in [1.82, 2.24) is 10.2 Å². The second-order valence-corrected chi connectivity index (χ2v) is 5.44. The van der Waals surface area contributed by atoms with Gasteiger partial charge in [0.25, 0.3) is 0 Å². The molecule has 0 spiro atoms. The van der Waals surface area contributed by atoms with Gasteiger partial charge in [-0.2, -0.15) is 0 Å². The van der Waals surface area contributed by atoms with Crippen LogP contribution in [0.5, 0.6) is 0 Å². The lowest BCUT2D eigenvalue weighted by Gasteiger charge is -2.24. The Morgan fingerprint density at radius 3 is 2.84 bits per heavy atom. The normalized spacial score (nSPS) is 27.1. The fourth-order valence-corrected chi connectivity index (χ4v) is 2.82. The predicted octanol–water partition coefficient (Wildman–Crippen LogP) is 2.59. The number of nitrogens with zero attached hydrogens (tertiary/aromatic N) is 1. The summed E-state index contributed by atoms with van der Waals surface area (Å²) in [5.74, 6) is -0.0694. The molecule has 1 saturated heterocycles. The summed E-state index contributed by atoms with van der Waals surface area (Å²) in [4.78, 5) is 14.3. The number of benzene rings is 1. The van der Waals surface area contributed by atoms with E-state index < -0.39 is 0 Å². The second-order valence-electron chi connectivity index (χ2n) is 5.44. The molecule has 1 aromatic rings. The number of nitrogens with one attached hydrogen (secondary N) is 1. The minimum atomic E-state index is -0.249. The van der Waals surface area contributed by atoms with E-state index in [0.717, 1.165) is 31.2 Å². The van der Waals surface area contributed by atoms with Crippen molar-refractivity contribution in [2.24, 2.45) is 0 Å². The summed E-state index contributed by atoms with van der Waals surface area (Å²) >= 11 is 0. The van der Waals surface area contributed by atoms with E-state index >= 15 is 0 Å².